The van der Waals surface area contributed by atoms with E-state index in [2.05, 4.69) is 0 Å². The van der Waals surface area contributed by atoms with Gasteiger partial charge >= 0.3 is 5.37 Å². The van der Waals surface area contributed by atoms with E-state index in [0.717, 1.165) is 5.57 Å². The topological polar surface area (TPSA) is 17.1 Å². The summed E-state index contributed by atoms with van der Waals surface area (Å²) in [5, 5.41) is 2.15. The van der Waals surface area contributed by atoms with E-state index < -0.39 is 15.4 Å². The number of hydrogen-bond acceptors (Lipinski definition) is 1. The second-order valence-corrected chi connectivity index (χ2v) is 5.37. The van der Waals surface area contributed by atoms with E-state index in [1.165, 1.54) is 0 Å². The molecule has 0 fully saturated rings. The van der Waals surface area contributed by atoms with Gasteiger partial charge in [-0.3, -0.25) is 0 Å². The summed E-state index contributed by atoms with van der Waals surface area (Å²) in [7, 11) is -1.82. The zero-order valence-electron chi connectivity index (χ0n) is 5.93. The molecule has 1 nitrogen and oxygen atoms in total. The minimum Gasteiger partial charge on any atom is -0.249 e. The molecule has 0 saturated heterocycles. The van der Waals surface area contributed by atoms with Crippen LogP contribution in [0.25, 0.3) is 0 Å². The fourth-order valence-corrected chi connectivity index (χ4v) is 2.44. The van der Waals surface area contributed by atoms with Gasteiger partial charge in [0.15, 0.2) is 0 Å². The number of carbonyl (C=O) groups is 1. The van der Waals surface area contributed by atoms with Crippen LogP contribution in [0.1, 0.15) is 6.92 Å². The lowest BCUT2D eigenvalue weighted by atomic mass is 10.4. The van der Waals surface area contributed by atoms with Crippen LogP contribution in [0.2, 0.25) is 0 Å². The van der Waals surface area contributed by atoms with E-state index in [4.69, 9.17) is 0 Å². The van der Waals surface area contributed by atoms with Gasteiger partial charge in [0.25, 0.3) is 0 Å². The highest BCUT2D eigenvalue weighted by atomic mass is 32.3. The number of carbonyl (C=O) groups excluding carboxylic acids is 1. The Kier molecular flexibility index (Phi) is 1.68. The third-order valence-electron chi connectivity index (χ3n) is 1.39. The standard InChI is InChI=1S/C7H9FOS/c1-6-3-4-10(2,5-6)7(8)9/h3-5H,1-2H3. The van der Waals surface area contributed by atoms with Crippen molar-refractivity contribution in [1.29, 1.82) is 0 Å². The lowest BCUT2D eigenvalue weighted by Gasteiger charge is -2.17. The molecular weight excluding hydrogens is 151 g/mol. The van der Waals surface area contributed by atoms with Crippen molar-refractivity contribution in [2.75, 3.05) is 6.26 Å². The van der Waals surface area contributed by atoms with Crippen LogP contribution in [-0.4, -0.2) is 11.6 Å². The Bertz CT molecular complexity index is 232. The van der Waals surface area contributed by atoms with Crippen molar-refractivity contribution in [3.05, 3.63) is 22.5 Å². The predicted molar refractivity (Wildman–Crippen MR) is 42.9 cm³/mol. The van der Waals surface area contributed by atoms with Crippen LogP contribution in [0.4, 0.5) is 9.18 Å². The lowest BCUT2D eigenvalue weighted by molar-refractivity contribution is 0.244. The summed E-state index contributed by atoms with van der Waals surface area (Å²) in [5.74, 6) is 0. The molecule has 0 aromatic heterocycles. The van der Waals surface area contributed by atoms with Crippen LogP contribution in [0.5, 0.6) is 0 Å². The van der Waals surface area contributed by atoms with Crippen molar-refractivity contribution >= 4 is 15.4 Å². The minimum absolute atomic E-state index is 0.975. The van der Waals surface area contributed by atoms with E-state index in [1.807, 2.05) is 6.92 Å². The summed E-state index contributed by atoms with van der Waals surface area (Å²) < 4.78 is 12.3. The molecule has 3 heteroatoms. The zero-order chi connectivity index (χ0) is 7.78. The maximum Gasteiger partial charge on any atom is 0.349 e. The molecule has 0 spiro atoms. The predicted octanol–water partition coefficient (Wildman–Crippen LogP) is 2.94. The Morgan fingerprint density at radius 1 is 1.70 bits per heavy atom. The van der Waals surface area contributed by atoms with Gasteiger partial charge in [0.05, 0.1) is 0 Å². The second kappa shape index (κ2) is 2.23. The molecule has 0 aliphatic carbocycles. The Hall–Kier alpha value is -0.570. The molecule has 0 N–H and O–H groups in total. The van der Waals surface area contributed by atoms with Crippen LogP contribution in [0.3, 0.4) is 0 Å². The molecule has 0 aromatic rings. The fraction of sp³-hybridized carbons (Fsp3) is 0.286. The van der Waals surface area contributed by atoms with Gasteiger partial charge in [0.2, 0.25) is 0 Å². The Morgan fingerprint density at radius 2 is 2.30 bits per heavy atom. The van der Waals surface area contributed by atoms with Crippen LogP contribution in [-0.2, 0) is 0 Å². The molecule has 0 amide bonds. The van der Waals surface area contributed by atoms with Crippen molar-refractivity contribution < 1.29 is 9.18 Å². The van der Waals surface area contributed by atoms with Gasteiger partial charge in [-0.2, -0.15) is 4.39 Å². The van der Waals surface area contributed by atoms with Gasteiger partial charge in [-0.05, 0) is 29.6 Å². The van der Waals surface area contributed by atoms with Crippen molar-refractivity contribution in [2.45, 2.75) is 6.92 Å². The molecule has 10 heavy (non-hydrogen) atoms. The molecular formula is C7H9FOS. The number of hydrogen-bond donors (Lipinski definition) is 0. The number of allylic oxidation sites excluding steroid dienone is 2. The summed E-state index contributed by atoms with van der Waals surface area (Å²) in [6.07, 6.45) is 3.43. The van der Waals surface area contributed by atoms with Gasteiger partial charge in [0.1, 0.15) is 0 Å². The average Bonchev–Trinajstić information content (AvgIpc) is 2.13. The van der Waals surface area contributed by atoms with E-state index in [-0.39, 0.29) is 0 Å². The zero-order valence-corrected chi connectivity index (χ0v) is 6.74. The third kappa shape index (κ3) is 1.14. The quantitative estimate of drug-likeness (QED) is 0.498. The summed E-state index contributed by atoms with van der Waals surface area (Å²) in [6.45, 7) is 1.86. The van der Waals surface area contributed by atoms with Gasteiger partial charge in [-0.1, -0.05) is 6.08 Å². The molecule has 0 bridgehead atoms. The molecule has 1 aliphatic heterocycles. The first kappa shape index (κ1) is 7.54. The van der Waals surface area contributed by atoms with E-state index in [1.54, 1.807) is 23.1 Å². The van der Waals surface area contributed by atoms with Crippen LogP contribution < -0.4 is 0 Å². The van der Waals surface area contributed by atoms with Gasteiger partial charge < -0.3 is 0 Å². The highest BCUT2D eigenvalue weighted by Gasteiger charge is 2.24. The maximum atomic E-state index is 12.3. The smallest absolute Gasteiger partial charge is 0.249 e. The SMILES string of the molecule is CC1=CS(C)(C(=O)F)C=C1. The van der Waals surface area contributed by atoms with Gasteiger partial charge in [-0.25, -0.2) is 4.79 Å². The highest BCUT2D eigenvalue weighted by Crippen LogP contribution is 2.53. The Morgan fingerprint density at radius 3 is 2.50 bits per heavy atom. The summed E-state index contributed by atoms with van der Waals surface area (Å²) in [4.78, 5) is 10.4. The first-order valence-corrected chi connectivity index (χ1v) is 5.06. The number of halogens is 1. The number of rotatable bonds is 0. The first-order chi connectivity index (χ1) is 4.54. The first-order valence-electron chi connectivity index (χ1n) is 2.89. The van der Waals surface area contributed by atoms with Crippen LogP contribution >= 0.6 is 10.0 Å². The summed E-state index contributed by atoms with van der Waals surface area (Å²) >= 11 is 0. The monoisotopic (exact) mass is 160 g/mol. The van der Waals surface area contributed by atoms with E-state index in [0.29, 0.717) is 0 Å². The molecule has 1 rings (SSSR count). The minimum atomic E-state index is -1.82. The van der Waals surface area contributed by atoms with Crippen molar-refractivity contribution in [3.63, 3.8) is 0 Å². The summed E-state index contributed by atoms with van der Waals surface area (Å²) in [6, 6.07) is 0. The molecule has 1 heterocycles. The molecule has 56 valence electrons. The normalized spacial score (nSPS) is 36.9. The average molecular weight is 160 g/mol. The largest absolute Gasteiger partial charge is 0.349 e. The second-order valence-electron chi connectivity index (χ2n) is 2.45. The maximum absolute atomic E-state index is 12.3. The lowest BCUT2D eigenvalue weighted by Crippen LogP contribution is -1.94. The van der Waals surface area contributed by atoms with Crippen molar-refractivity contribution in [1.82, 2.24) is 0 Å². The molecule has 1 unspecified atom stereocenters. The highest BCUT2D eigenvalue weighted by molar-refractivity contribution is 8.48. The Balaban J connectivity index is 2.95. The van der Waals surface area contributed by atoms with Crippen LogP contribution in [0, 0.1) is 0 Å². The Labute approximate surface area is 60.9 Å². The third-order valence-corrected chi connectivity index (χ3v) is 3.64. The molecule has 0 radical (unpaired) electrons. The summed E-state index contributed by atoms with van der Waals surface area (Å²) in [5.41, 5.74) is 0.975. The van der Waals surface area contributed by atoms with Crippen molar-refractivity contribution in [3.8, 4) is 0 Å². The molecule has 1 atom stereocenters. The molecule has 0 saturated carbocycles. The molecule has 1 aliphatic rings. The molecule has 0 aromatic carbocycles. The van der Waals surface area contributed by atoms with Gasteiger partial charge in [-0.15, -0.1) is 10.0 Å². The van der Waals surface area contributed by atoms with Crippen LogP contribution in [0.15, 0.2) is 22.5 Å². The fourth-order valence-electron chi connectivity index (χ4n) is 0.813. The van der Waals surface area contributed by atoms with Crippen molar-refractivity contribution in [2.24, 2.45) is 0 Å². The van der Waals surface area contributed by atoms with Gasteiger partial charge in [0, 0.05) is 0 Å². The van der Waals surface area contributed by atoms with E-state index >= 15 is 0 Å². The van der Waals surface area contributed by atoms with E-state index in [9.17, 15) is 9.18 Å².